The fourth-order valence-corrected chi connectivity index (χ4v) is 2.93. The van der Waals surface area contributed by atoms with Crippen molar-refractivity contribution in [2.24, 2.45) is 4.99 Å². The number of hydrogen-bond donors (Lipinski definition) is 0. The number of methoxy groups -OCH3 is 1. The van der Waals surface area contributed by atoms with Gasteiger partial charge in [-0.25, -0.2) is 4.99 Å². The van der Waals surface area contributed by atoms with E-state index >= 15 is 0 Å². The number of alkyl halides is 3. The van der Waals surface area contributed by atoms with E-state index in [-0.39, 0.29) is 11.3 Å². The summed E-state index contributed by atoms with van der Waals surface area (Å²) in [6.07, 6.45) is -2.12. The highest BCUT2D eigenvalue weighted by Crippen LogP contribution is 2.29. The Hall–Kier alpha value is -3.13. The van der Waals surface area contributed by atoms with Gasteiger partial charge in [0.1, 0.15) is 5.75 Å². The molecule has 0 radical (unpaired) electrons. The van der Waals surface area contributed by atoms with E-state index in [0.29, 0.717) is 10.2 Å². The zero-order chi connectivity index (χ0) is 21.7. The van der Waals surface area contributed by atoms with E-state index in [0.717, 1.165) is 4.57 Å². The van der Waals surface area contributed by atoms with Gasteiger partial charge in [0.15, 0.2) is 12.4 Å². The third kappa shape index (κ3) is 5.07. The monoisotopic (exact) mass is 476 g/mol. The van der Waals surface area contributed by atoms with Gasteiger partial charge in [0.25, 0.3) is 0 Å². The Bertz CT molecular complexity index is 1060. The predicted octanol–water partition coefficient (Wildman–Crippen LogP) is 4.77. The summed E-state index contributed by atoms with van der Waals surface area (Å²) in [5, 5.41) is 13.2. The van der Waals surface area contributed by atoms with Crippen molar-refractivity contribution < 1.29 is 27.6 Å². The Morgan fingerprint density at radius 2 is 1.57 bits per heavy atom. The minimum atomic E-state index is -4.87. The molecule has 0 aliphatic rings. The molecule has 8 heteroatoms. The number of halogens is 4. The Labute approximate surface area is 179 Å². The third-order valence-electron chi connectivity index (χ3n) is 4.10. The fourth-order valence-electron chi connectivity index (χ4n) is 2.67. The molecule has 0 saturated heterocycles. The summed E-state index contributed by atoms with van der Waals surface area (Å²) < 4.78 is 49.1. The second-order valence-corrected chi connectivity index (χ2v) is 7.04. The fraction of sp³-hybridized carbons (Fsp3) is 0.0909. The van der Waals surface area contributed by atoms with Gasteiger partial charge >= 0.3 is 6.18 Å². The molecular formula is C22H16BrF3N2O2. The highest BCUT2D eigenvalue weighted by molar-refractivity contribution is 9.10. The van der Waals surface area contributed by atoms with Gasteiger partial charge in [0.05, 0.1) is 12.8 Å². The summed E-state index contributed by atoms with van der Waals surface area (Å²) in [4.78, 5) is 3.79. The molecule has 0 spiro atoms. The van der Waals surface area contributed by atoms with Crippen molar-refractivity contribution in [3.8, 4) is 5.75 Å². The van der Waals surface area contributed by atoms with E-state index < -0.39 is 23.3 Å². The van der Waals surface area contributed by atoms with Crippen LogP contribution in [0.25, 0.3) is 11.5 Å². The highest BCUT2D eigenvalue weighted by Gasteiger charge is 2.43. The minimum absolute atomic E-state index is 0.0424. The number of hydrogen-bond acceptors (Lipinski definition) is 3. The largest absolute Gasteiger partial charge is 0.868 e. The Balaban J connectivity index is 2.26. The highest BCUT2D eigenvalue weighted by atomic mass is 79.9. The van der Waals surface area contributed by atoms with Gasteiger partial charge in [0.2, 0.25) is 11.4 Å². The van der Waals surface area contributed by atoms with Gasteiger partial charge < -0.3 is 9.84 Å². The predicted molar refractivity (Wildman–Crippen MR) is 110 cm³/mol. The average Bonchev–Trinajstić information content (AvgIpc) is 2.74. The number of allylic oxidation sites excluding steroid dienone is 1. The van der Waals surface area contributed by atoms with Crippen LogP contribution in [-0.2, 0) is 0 Å². The number of aliphatic imine (C=N–C) groups is 1. The summed E-state index contributed by atoms with van der Waals surface area (Å²) in [7, 11) is 1.45. The van der Waals surface area contributed by atoms with Gasteiger partial charge in [-0.15, -0.1) is 0 Å². The second kappa shape index (κ2) is 9.13. The van der Waals surface area contributed by atoms with Crippen LogP contribution in [0, 0.1) is 0 Å². The lowest BCUT2D eigenvalue weighted by atomic mass is 10.1. The van der Waals surface area contributed by atoms with Crippen LogP contribution in [0.1, 0.15) is 5.56 Å². The van der Waals surface area contributed by atoms with Crippen molar-refractivity contribution in [3.05, 3.63) is 89.2 Å². The van der Waals surface area contributed by atoms with Gasteiger partial charge in [-0.05, 0) is 47.7 Å². The average molecular weight is 477 g/mol. The van der Waals surface area contributed by atoms with Crippen molar-refractivity contribution in [1.82, 2.24) is 0 Å². The van der Waals surface area contributed by atoms with E-state index in [1.165, 1.54) is 68.0 Å². The van der Waals surface area contributed by atoms with Crippen LogP contribution in [0.4, 0.5) is 18.9 Å². The number of nitrogens with zero attached hydrogens (tertiary/aromatic N) is 2. The molecule has 0 fully saturated rings. The smallest absolute Gasteiger partial charge is 0.440 e. The normalized spacial score (nSPS) is 13.0. The molecule has 0 N–H and O–H groups in total. The first-order chi connectivity index (χ1) is 14.3. The Kier molecular flexibility index (Phi) is 6.56. The topological polar surface area (TPSA) is 48.5 Å². The molecule has 0 atom stereocenters. The summed E-state index contributed by atoms with van der Waals surface area (Å²) >= 11 is 3.26. The lowest BCUT2D eigenvalue weighted by molar-refractivity contribution is -0.578. The van der Waals surface area contributed by atoms with E-state index in [1.807, 2.05) is 0 Å². The molecule has 0 unspecified atom stereocenters. The Morgan fingerprint density at radius 3 is 2.10 bits per heavy atom. The molecule has 0 aliphatic heterocycles. The first kappa shape index (κ1) is 21.6. The van der Waals surface area contributed by atoms with Crippen LogP contribution in [0.15, 0.2) is 88.6 Å². The van der Waals surface area contributed by atoms with Crippen LogP contribution in [0.3, 0.4) is 0 Å². The van der Waals surface area contributed by atoms with Crippen molar-refractivity contribution >= 4 is 38.8 Å². The van der Waals surface area contributed by atoms with Crippen LogP contribution < -0.4 is 14.4 Å². The van der Waals surface area contributed by atoms with Crippen molar-refractivity contribution in [3.63, 3.8) is 0 Å². The number of benzene rings is 2. The van der Waals surface area contributed by atoms with Crippen molar-refractivity contribution in [1.29, 1.82) is 0 Å². The molecular weight excluding hydrogens is 461 g/mol. The number of ether oxygens (including phenoxy) is 1. The summed E-state index contributed by atoms with van der Waals surface area (Å²) in [6.45, 7) is 0. The van der Waals surface area contributed by atoms with E-state index in [4.69, 9.17) is 4.74 Å². The lowest BCUT2D eigenvalue weighted by Crippen LogP contribution is -2.43. The van der Waals surface area contributed by atoms with Crippen LogP contribution in [0.5, 0.6) is 5.75 Å². The third-order valence-corrected chi connectivity index (χ3v) is 4.63. The zero-order valence-corrected chi connectivity index (χ0v) is 17.3. The number of rotatable bonds is 5. The molecule has 0 amide bonds. The molecule has 4 nitrogen and oxygen atoms in total. The molecule has 3 rings (SSSR count). The van der Waals surface area contributed by atoms with E-state index in [9.17, 15) is 18.3 Å². The maximum absolute atomic E-state index is 14.1. The maximum Gasteiger partial charge on any atom is 0.440 e. The van der Waals surface area contributed by atoms with E-state index in [2.05, 4.69) is 20.9 Å². The summed E-state index contributed by atoms with van der Waals surface area (Å²) in [6, 6.07) is 16.6. The summed E-state index contributed by atoms with van der Waals surface area (Å²) in [5.74, 6) is -0.321. The molecule has 0 aliphatic carbocycles. The van der Waals surface area contributed by atoms with E-state index in [1.54, 1.807) is 18.2 Å². The zero-order valence-electron chi connectivity index (χ0n) is 15.7. The van der Waals surface area contributed by atoms with Crippen molar-refractivity contribution in [2.75, 3.05) is 7.11 Å². The molecule has 2 aromatic carbocycles. The van der Waals surface area contributed by atoms with Gasteiger partial charge in [-0.1, -0.05) is 34.1 Å². The molecule has 1 aromatic heterocycles. The first-order valence-corrected chi connectivity index (χ1v) is 9.53. The minimum Gasteiger partial charge on any atom is -0.868 e. The quantitative estimate of drug-likeness (QED) is 0.302. The molecule has 1 heterocycles. The molecule has 0 bridgehead atoms. The number of aromatic nitrogens is 1. The van der Waals surface area contributed by atoms with Gasteiger partial charge in [-0.3, -0.25) is 0 Å². The SMILES string of the molecule is COc1ccc(N=C(/C(=C(\[O-])c2ccc(Br)cc2)[n+]2ccccc2)C(F)(F)F)cc1. The summed E-state index contributed by atoms with van der Waals surface area (Å²) in [5.41, 5.74) is -1.74. The van der Waals surface area contributed by atoms with Crippen LogP contribution in [-0.4, -0.2) is 19.0 Å². The molecule has 0 saturated carbocycles. The molecule has 30 heavy (non-hydrogen) atoms. The first-order valence-electron chi connectivity index (χ1n) is 8.74. The number of pyridine rings is 1. The van der Waals surface area contributed by atoms with Gasteiger partial charge in [0, 0.05) is 16.6 Å². The lowest BCUT2D eigenvalue weighted by Gasteiger charge is -2.18. The van der Waals surface area contributed by atoms with Crippen molar-refractivity contribution in [2.45, 2.75) is 6.18 Å². The van der Waals surface area contributed by atoms with Gasteiger partial charge in [-0.2, -0.15) is 17.7 Å². The van der Waals surface area contributed by atoms with Crippen LogP contribution in [0.2, 0.25) is 0 Å². The maximum atomic E-state index is 14.1. The Morgan fingerprint density at radius 1 is 0.967 bits per heavy atom. The van der Waals surface area contributed by atoms with Crippen LogP contribution >= 0.6 is 15.9 Å². The molecule has 154 valence electrons. The standard InChI is InChI=1S/C22H16BrF3N2O2/c1-30-18-11-9-17(10-12-18)27-21(22(24,25)26)19(28-13-3-2-4-14-28)20(29)15-5-7-16(23)8-6-15/h2-14H,1H3. The second-order valence-electron chi connectivity index (χ2n) is 6.12. The molecule has 3 aromatic rings.